The van der Waals surface area contributed by atoms with Gasteiger partial charge in [-0.15, -0.1) is 0 Å². The molecule has 4 nitrogen and oxygen atoms in total. The molecule has 0 aromatic heterocycles. The molecule has 2 saturated heterocycles. The van der Waals surface area contributed by atoms with E-state index < -0.39 is 0 Å². The van der Waals surface area contributed by atoms with Crippen molar-refractivity contribution in [3.8, 4) is 0 Å². The number of fused-ring (bicyclic) bond motifs is 1. The predicted octanol–water partition coefficient (Wildman–Crippen LogP) is -0.933. The van der Waals surface area contributed by atoms with Crippen molar-refractivity contribution in [2.24, 2.45) is 0 Å². The van der Waals surface area contributed by atoms with Crippen LogP contribution in [-0.2, 0) is 4.74 Å². The summed E-state index contributed by atoms with van der Waals surface area (Å²) >= 11 is 0. The summed E-state index contributed by atoms with van der Waals surface area (Å²) in [7, 11) is 0. The Morgan fingerprint density at radius 3 is 3.22 bits per heavy atom. The third-order valence-electron chi connectivity index (χ3n) is 1.72. The molecule has 2 aliphatic rings. The number of carbonyl (C=O) groups is 1. The molecule has 2 N–H and O–H groups in total. The lowest BCUT2D eigenvalue weighted by molar-refractivity contribution is 0.142. The van der Waals surface area contributed by atoms with Gasteiger partial charge in [0.2, 0.25) is 0 Å². The topological polar surface area (TPSA) is 50.4 Å². The van der Waals surface area contributed by atoms with Gasteiger partial charge in [0, 0.05) is 13.1 Å². The van der Waals surface area contributed by atoms with Gasteiger partial charge in [-0.05, 0) is 0 Å². The maximum absolute atomic E-state index is 10.5. The molecule has 50 valence electrons. The van der Waals surface area contributed by atoms with Gasteiger partial charge in [-0.1, -0.05) is 0 Å². The molecule has 0 bridgehead atoms. The molecule has 2 rings (SSSR count). The largest absolute Gasteiger partial charge is 0.443 e. The zero-order chi connectivity index (χ0) is 6.27. The predicted molar refractivity (Wildman–Crippen MR) is 30.1 cm³/mol. The van der Waals surface area contributed by atoms with Crippen LogP contribution >= 0.6 is 0 Å². The maximum atomic E-state index is 10.5. The highest BCUT2D eigenvalue weighted by molar-refractivity contribution is 5.70. The third kappa shape index (κ3) is 0.666. The monoisotopic (exact) mass is 128 g/mol. The third-order valence-corrected chi connectivity index (χ3v) is 1.72. The fourth-order valence-electron chi connectivity index (χ4n) is 1.25. The average Bonchev–Trinajstić information content (AvgIpc) is 2.22. The van der Waals surface area contributed by atoms with E-state index in [4.69, 9.17) is 4.74 Å². The SMILES string of the molecule is O=C1NC2CNC[C@H]2O1. The molecule has 2 aliphatic heterocycles. The van der Waals surface area contributed by atoms with Crippen LogP contribution in [0.15, 0.2) is 0 Å². The van der Waals surface area contributed by atoms with Crippen LogP contribution in [0.2, 0.25) is 0 Å². The lowest BCUT2D eigenvalue weighted by atomic mass is 10.2. The van der Waals surface area contributed by atoms with Crippen LogP contribution in [0.1, 0.15) is 0 Å². The van der Waals surface area contributed by atoms with E-state index in [-0.39, 0.29) is 18.2 Å². The smallest absolute Gasteiger partial charge is 0.407 e. The Balaban J connectivity index is 2.09. The highest BCUT2D eigenvalue weighted by Gasteiger charge is 2.37. The Hall–Kier alpha value is -0.770. The van der Waals surface area contributed by atoms with E-state index in [1.165, 1.54) is 0 Å². The van der Waals surface area contributed by atoms with Crippen LogP contribution in [0, 0.1) is 0 Å². The van der Waals surface area contributed by atoms with Gasteiger partial charge in [0.25, 0.3) is 0 Å². The number of amides is 1. The molecule has 1 amide bonds. The molecule has 1 unspecified atom stereocenters. The average molecular weight is 128 g/mol. The highest BCUT2D eigenvalue weighted by Crippen LogP contribution is 2.11. The van der Waals surface area contributed by atoms with Gasteiger partial charge in [0.05, 0.1) is 6.04 Å². The van der Waals surface area contributed by atoms with Gasteiger partial charge in [-0.2, -0.15) is 0 Å². The molecule has 2 fully saturated rings. The van der Waals surface area contributed by atoms with Crippen LogP contribution in [0.5, 0.6) is 0 Å². The second kappa shape index (κ2) is 1.60. The summed E-state index contributed by atoms with van der Waals surface area (Å²) in [5.74, 6) is 0. The zero-order valence-corrected chi connectivity index (χ0v) is 4.89. The van der Waals surface area contributed by atoms with E-state index in [1.54, 1.807) is 0 Å². The molecular formula is C5H8N2O2. The van der Waals surface area contributed by atoms with E-state index in [1.807, 2.05) is 0 Å². The molecule has 0 radical (unpaired) electrons. The highest BCUT2D eigenvalue weighted by atomic mass is 16.6. The lowest BCUT2D eigenvalue weighted by Gasteiger charge is -2.00. The molecule has 0 aromatic rings. The van der Waals surface area contributed by atoms with E-state index in [0.717, 1.165) is 13.1 Å². The van der Waals surface area contributed by atoms with Gasteiger partial charge in [0.1, 0.15) is 6.10 Å². The minimum Gasteiger partial charge on any atom is -0.443 e. The second-order valence-electron chi connectivity index (χ2n) is 2.35. The van der Waals surface area contributed by atoms with Crippen molar-refractivity contribution in [1.29, 1.82) is 0 Å². The Morgan fingerprint density at radius 2 is 2.44 bits per heavy atom. The minimum absolute atomic E-state index is 0.0810. The summed E-state index contributed by atoms with van der Waals surface area (Å²) in [6.45, 7) is 1.64. The van der Waals surface area contributed by atoms with Crippen LogP contribution in [-0.4, -0.2) is 31.3 Å². The Bertz CT molecular complexity index is 134. The Kier molecular flexibility index (Phi) is 0.900. The number of rotatable bonds is 0. The van der Waals surface area contributed by atoms with Gasteiger partial charge < -0.3 is 15.4 Å². The molecule has 9 heavy (non-hydrogen) atoms. The summed E-state index contributed by atoms with van der Waals surface area (Å²) in [6.07, 6.45) is -0.191. The van der Waals surface area contributed by atoms with Gasteiger partial charge in [0.15, 0.2) is 0 Å². The number of carbonyl (C=O) groups excluding carboxylic acids is 1. The molecule has 0 aromatic carbocycles. The van der Waals surface area contributed by atoms with Gasteiger partial charge in [-0.25, -0.2) is 4.79 Å². The van der Waals surface area contributed by atoms with Crippen molar-refractivity contribution in [3.63, 3.8) is 0 Å². The number of alkyl carbamates (subject to hydrolysis) is 1. The summed E-state index contributed by atoms with van der Waals surface area (Å²) < 4.78 is 4.87. The molecule has 2 atom stereocenters. The summed E-state index contributed by atoms with van der Waals surface area (Å²) in [4.78, 5) is 10.5. The van der Waals surface area contributed by atoms with Crippen LogP contribution < -0.4 is 10.6 Å². The first-order chi connectivity index (χ1) is 4.36. The fraction of sp³-hybridized carbons (Fsp3) is 0.800. The van der Waals surface area contributed by atoms with Crippen molar-refractivity contribution in [3.05, 3.63) is 0 Å². The van der Waals surface area contributed by atoms with Crippen molar-refractivity contribution in [1.82, 2.24) is 10.6 Å². The van der Waals surface area contributed by atoms with Crippen molar-refractivity contribution in [2.75, 3.05) is 13.1 Å². The number of hydrogen-bond acceptors (Lipinski definition) is 3. The molecule has 4 heteroatoms. The summed E-state index contributed by atoms with van der Waals surface area (Å²) in [6, 6.07) is 0.220. The van der Waals surface area contributed by atoms with Gasteiger partial charge >= 0.3 is 6.09 Å². The van der Waals surface area contributed by atoms with E-state index in [0.29, 0.717) is 0 Å². The normalized spacial score (nSPS) is 39.8. The molecule has 0 spiro atoms. The van der Waals surface area contributed by atoms with Crippen molar-refractivity contribution >= 4 is 6.09 Å². The van der Waals surface area contributed by atoms with Crippen molar-refractivity contribution < 1.29 is 9.53 Å². The lowest BCUT2D eigenvalue weighted by Crippen LogP contribution is -2.31. The van der Waals surface area contributed by atoms with E-state index in [2.05, 4.69) is 10.6 Å². The maximum Gasteiger partial charge on any atom is 0.407 e. The number of ether oxygens (including phenoxy) is 1. The van der Waals surface area contributed by atoms with Crippen LogP contribution in [0.3, 0.4) is 0 Å². The zero-order valence-electron chi connectivity index (χ0n) is 4.89. The first-order valence-corrected chi connectivity index (χ1v) is 3.04. The fourth-order valence-corrected chi connectivity index (χ4v) is 1.25. The molecular weight excluding hydrogens is 120 g/mol. The second-order valence-corrected chi connectivity index (χ2v) is 2.35. The van der Waals surface area contributed by atoms with Crippen LogP contribution in [0.25, 0.3) is 0 Å². The molecule has 0 aliphatic carbocycles. The van der Waals surface area contributed by atoms with Gasteiger partial charge in [-0.3, -0.25) is 0 Å². The Morgan fingerprint density at radius 1 is 1.56 bits per heavy atom. The quantitative estimate of drug-likeness (QED) is 0.443. The number of nitrogens with one attached hydrogen (secondary N) is 2. The Labute approximate surface area is 52.6 Å². The first-order valence-electron chi connectivity index (χ1n) is 3.04. The summed E-state index contributed by atoms with van der Waals surface area (Å²) in [5, 5.41) is 5.80. The number of hydrogen-bond donors (Lipinski definition) is 2. The van der Waals surface area contributed by atoms with E-state index in [9.17, 15) is 4.79 Å². The van der Waals surface area contributed by atoms with E-state index >= 15 is 0 Å². The minimum atomic E-state index is -0.272. The molecule has 0 saturated carbocycles. The molecule has 2 heterocycles. The van der Waals surface area contributed by atoms with Crippen molar-refractivity contribution in [2.45, 2.75) is 12.1 Å². The standard InChI is InChI=1S/C5H8N2O2/c8-5-7-3-1-6-2-4(3)9-5/h3-4,6H,1-2H2,(H,7,8)/t3?,4-/m1/s1. The van der Waals surface area contributed by atoms with Crippen LogP contribution in [0.4, 0.5) is 4.79 Å². The summed E-state index contributed by atoms with van der Waals surface area (Å²) in [5.41, 5.74) is 0. The first kappa shape index (κ1) is 5.05.